The molecule has 1 aliphatic heterocycles. The van der Waals surface area contributed by atoms with Crippen molar-refractivity contribution in [3.63, 3.8) is 0 Å². The second kappa shape index (κ2) is 8.35. The summed E-state index contributed by atoms with van der Waals surface area (Å²) in [5, 5.41) is 0. The van der Waals surface area contributed by atoms with Gasteiger partial charge in [-0.1, -0.05) is 12.2 Å². The van der Waals surface area contributed by atoms with Gasteiger partial charge >= 0.3 is 5.97 Å². The number of ether oxygens (including phenoxy) is 1. The molecule has 29 heavy (non-hydrogen) atoms. The number of hydrogen-bond acceptors (Lipinski definition) is 5. The van der Waals surface area contributed by atoms with Gasteiger partial charge in [-0.05, 0) is 46.6 Å². The highest BCUT2D eigenvalue weighted by atomic mass is 16.5. The lowest BCUT2D eigenvalue weighted by Gasteiger charge is -2.14. The summed E-state index contributed by atoms with van der Waals surface area (Å²) in [7, 11) is 0. The average Bonchev–Trinajstić information content (AvgIpc) is 3.12. The molecule has 2 atom stereocenters. The molecule has 0 spiro atoms. The van der Waals surface area contributed by atoms with Gasteiger partial charge in [0.1, 0.15) is 0 Å². The molecule has 1 aromatic heterocycles. The van der Waals surface area contributed by atoms with E-state index in [0.29, 0.717) is 18.4 Å². The minimum atomic E-state index is -0.593. The number of aromatic nitrogens is 1. The molecule has 2 aliphatic rings. The molecule has 1 aromatic rings. The third-order valence-corrected chi connectivity index (χ3v) is 5.80. The molecule has 3 rings (SSSR count). The third-order valence-electron chi connectivity index (χ3n) is 5.80. The van der Waals surface area contributed by atoms with Crippen LogP contribution in [-0.2, 0) is 19.1 Å². The Hall–Kier alpha value is -2.70. The Labute approximate surface area is 170 Å². The normalized spacial score (nSPS) is 21.1. The fraction of sp³-hybridized carbons (Fsp3) is 0.545. The average molecular weight is 400 g/mol. The summed E-state index contributed by atoms with van der Waals surface area (Å²) in [5.41, 5.74) is 2.38. The summed E-state index contributed by atoms with van der Waals surface area (Å²) in [6.45, 7) is 7.55. The summed E-state index contributed by atoms with van der Waals surface area (Å²) < 4.78 is 7.18. The monoisotopic (exact) mass is 400 g/mol. The molecule has 0 bridgehead atoms. The van der Waals surface area contributed by atoms with Gasteiger partial charge in [-0.2, -0.15) is 0 Å². The van der Waals surface area contributed by atoms with Crippen molar-refractivity contribution in [2.24, 2.45) is 11.8 Å². The van der Waals surface area contributed by atoms with E-state index in [4.69, 9.17) is 4.74 Å². The van der Waals surface area contributed by atoms with Gasteiger partial charge in [0.15, 0.2) is 6.61 Å². The predicted molar refractivity (Wildman–Crippen MR) is 106 cm³/mol. The minimum Gasteiger partial charge on any atom is -0.457 e. The summed E-state index contributed by atoms with van der Waals surface area (Å²) in [6.07, 6.45) is 4.87. The fourth-order valence-electron chi connectivity index (χ4n) is 4.44. The van der Waals surface area contributed by atoms with E-state index in [1.54, 1.807) is 0 Å². The summed E-state index contributed by atoms with van der Waals surface area (Å²) in [4.78, 5) is 50.5. The van der Waals surface area contributed by atoms with Crippen LogP contribution in [0.25, 0.3) is 0 Å². The first-order chi connectivity index (χ1) is 13.7. The molecule has 7 heteroatoms. The first-order valence-electron chi connectivity index (χ1n) is 10.1. The molecule has 7 nitrogen and oxygen atoms in total. The first-order valence-corrected chi connectivity index (χ1v) is 10.1. The predicted octanol–water partition coefficient (Wildman–Crippen LogP) is 2.75. The molecular weight excluding hydrogens is 372 g/mol. The van der Waals surface area contributed by atoms with Crippen molar-refractivity contribution in [3.05, 3.63) is 35.2 Å². The number of ketones is 1. The van der Waals surface area contributed by atoms with Gasteiger partial charge in [-0.3, -0.25) is 24.1 Å². The van der Waals surface area contributed by atoms with Crippen LogP contribution < -0.4 is 0 Å². The standard InChI is InChI=1S/C22H28N2O5/c1-13(2)24-14(3)11-18(15(24)4)19(25)12-29-20(26)9-10-23-21(27)16-7-5-6-8-17(16)22(23)28/h5-6,11,13,16-17H,7-10,12H2,1-4H3/t16-,17+. The van der Waals surface area contributed by atoms with Crippen molar-refractivity contribution in [3.8, 4) is 0 Å². The molecule has 0 N–H and O–H groups in total. The van der Waals surface area contributed by atoms with Crippen molar-refractivity contribution in [1.29, 1.82) is 0 Å². The van der Waals surface area contributed by atoms with Crippen molar-refractivity contribution < 1.29 is 23.9 Å². The van der Waals surface area contributed by atoms with Crippen LogP contribution in [0.1, 0.15) is 60.9 Å². The van der Waals surface area contributed by atoms with Gasteiger partial charge < -0.3 is 9.30 Å². The molecule has 0 saturated carbocycles. The molecular formula is C22H28N2O5. The number of likely N-dealkylation sites (tertiary alicyclic amines) is 1. The second-order valence-corrected chi connectivity index (χ2v) is 8.07. The van der Waals surface area contributed by atoms with Crippen LogP contribution in [0.3, 0.4) is 0 Å². The number of rotatable bonds is 7. The van der Waals surface area contributed by atoms with Crippen molar-refractivity contribution in [2.75, 3.05) is 13.2 Å². The maximum Gasteiger partial charge on any atom is 0.308 e. The smallest absolute Gasteiger partial charge is 0.308 e. The molecule has 0 radical (unpaired) electrons. The Bertz CT molecular complexity index is 854. The quantitative estimate of drug-likeness (QED) is 0.304. The zero-order chi connectivity index (χ0) is 21.3. The van der Waals surface area contributed by atoms with Gasteiger partial charge in [0, 0.05) is 29.5 Å². The van der Waals surface area contributed by atoms with E-state index in [2.05, 4.69) is 4.57 Å². The van der Waals surface area contributed by atoms with Crippen LogP contribution >= 0.6 is 0 Å². The van der Waals surface area contributed by atoms with Gasteiger partial charge in [-0.15, -0.1) is 0 Å². The molecule has 1 fully saturated rings. The second-order valence-electron chi connectivity index (χ2n) is 8.07. The summed E-state index contributed by atoms with van der Waals surface area (Å²) in [6, 6.07) is 2.04. The number of aryl methyl sites for hydroxylation is 1. The van der Waals surface area contributed by atoms with E-state index >= 15 is 0 Å². The molecule has 0 aromatic carbocycles. The van der Waals surface area contributed by atoms with Crippen LogP contribution in [0.5, 0.6) is 0 Å². The minimum absolute atomic E-state index is 0.000444. The van der Waals surface area contributed by atoms with E-state index in [1.807, 2.05) is 45.9 Å². The number of allylic oxidation sites excluding steroid dienone is 2. The molecule has 0 unspecified atom stereocenters. The lowest BCUT2D eigenvalue weighted by molar-refractivity contribution is -0.145. The first kappa shape index (κ1) is 21.0. The molecule has 1 saturated heterocycles. The highest BCUT2D eigenvalue weighted by Gasteiger charge is 2.46. The van der Waals surface area contributed by atoms with Gasteiger partial charge in [0.05, 0.1) is 18.3 Å². The van der Waals surface area contributed by atoms with E-state index in [-0.39, 0.29) is 55.0 Å². The molecule has 2 heterocycles. The number of amides is 2. The number of Topliss-reactive ketones (excluding diaryl/α,β-unsaturated/α-hetero) is 1. The van der Waals surface area contributed by atoms with Gasteiger partial charge in [-0.25, -0.2) is 0 Å². The van der Waals surface area contributed by atoms with Gasteiger partial charge in [0.2, 0.25) is 17.6 Å². The highest BCUT2D eigenvalue weighted by Crippen LogP contribution is 2.35. The summed E-state index contributed by atoms with van der Waals surface area (Å²) in [5.74, 6) is -1.89. The lowest BCUT2D eigenvalue weighted by Crippen LogP contribution is -2.33. The van der Waals surface area contributed by atoms with E-state index < -0.39 is 5.97 Å². The largest absolute Gasteiger partial charge is 0.457 e. The lowest BCUT2D eigenvalue weighted by atomic mass is 9.85. The SMILES string of the molecule is Cc1cc(C(=O)COC(=O)CCN2C(=O)[C@H]3CC=CC[C@H]3C2=O)c(C)n1C(C)C. The van der Waals surface area contributed by atoms with Crippen LogP contribution in [0.15, 0.2) is 18.2 Å². The number of hydrogen-bond donors (Lipinski definition) is 0. The number of carbonyl (C=O) groups excluding carboxylic acids is 4. The van der Waals surface area contributed by atoms with Crippen LogP contribution in [0.4, 0.5) is 0 Å². The maximum atomic E-state index is 12.5. The molecule has 1 aliphatic carbocycles. The maximum absolute atomic E-state index is 12.5. The number of esters is 1. The third kappa shape index (κ3) is 4.04. The van der Waals surface area contributed by atoms with Crippen LogP contribution in [0, 0.1) is 25.7 Å². The van der Waals surface area contributed by atoms with Crippen molar-refractivity contribution in [1.82, 2.24) is 9.47 Å². The van der Waals surface area contributed by atoms with Crippen molar-refractivity contribution in [2.45, 2.75) is 53.0 Å². The Kier molecular flexibility index (Phi) is 6.05. The Balaban J connectivity index is 1.52. The van der Waals surface area contributed by atoms with E-state index in [9.17, 15) is 19.2 Å². The summed E-state index contributed by atoms with van der Waals surface area (Å²) >= 11 is 0. The zero-order valence-electron chi connectivity index (χ0n) is 17.4. The van der Waals surface area contributed by atoms with Crippen molar-refractivity contribution >= 4 is 23.6 Å². The fourth-order valence-corrected chi connectivity index (χ4v) is 4.44. The van der Waals surface area contributed by atoms with Crippen LogP contribution in [0.2, 0.25) is 0 Å². The number of fused-ring (bicyclic) bond motifs is 1. The number of imide groups is 1. The van der Waals surface area contributed by atoms with E-state index in [0.717, 1.165) is 11.4 Å². The Morgan fingerprint density at radius 1 is 1.10 bits per heavy atom. The van der Waals surface area contributed by atoms with Crippen LogP contribution in [-0.4, -0.2) is 46.2 Å². The Morgan fingerprint density at radius 3 is 2.21 bits per heavy atom. The Morgan fingerprint density at radius 2 is 1.69 bits per heavy atom. The number of carbonyl (C=O) groups is 4. The van der Waals surface area contributed by atoms with Gasteiger partial charge in [0.25, 0.3) is 0 Å². The topological polar surface area (TPSA) is 85.7 Å². The zero-order valence-corrected chi connectivity index (χ0v) is 17.4. The highest BCUT2D eigenvalue weighted by molar-refractivity contribution is 6.05. The molecule has 156 valence electrons. The number of nitrogens with zero attached hydrogens (tertiary/aromatic N) is 2. The molecule has 2 amide bonds. The van der Waals surface area contributed by atoms with E-state index in [1.165, 1.54) is 4.90 Å².